The minimum absolute atomic E-state index is 0.215. The largest absolute Gasteiger partial charge is 0.497 e. The summed E-state index contributed by atoms with van der Waals surface area (Å²) in [6.07, 6.45) is 2.90. The number of hydrogen-bond donors (Lipinski definition) is 1. The van der Waals surface area contributed by atoms with Crippen LogP contribution < -0.4 is 4.74 Å². The van der Waals surface area contributed by atoms with Crippen LogP contribution in [0.25, 0.3) is 6.08 Å². The van der Waals surface area contributed by atoms with Crippen LogP contribution in [0.4, 0.5) is 0 Å². The van der Waals surface area contributed by atoms with Gasteiger partial charge in [0, 0.05) is 0 Å². The molecule has 3 heteroatoms. The molecule has 1 atom stereocenters. The van der Waals surface area contributed by atoms with E-state index < -0.39 is 6.10 Å². The van der Waals surface area contributed by atoms with Crippen LogP contribution >= 0.6 is 11.6 Å². The molecule has 0 aliphatic heterocycles. The van der Waals surface area contributed by atoms with E-state index in [2.05, 4.69) is 0 Å². The third-order valence-electron chi connectivity index (χ3n) is 1.78. The first-order chi connectivity index (χ1) is 6.76. The van der Waals surface area contributed by atoms with Crippen LogP contribution in [-0.2, 0) is 0 Å². The highest BCUT2D eigenvalue weighted by atomic mass is 35.5. The zero-order chi connectivity index (χ0) is 10.4. The quantitative estimate of drug-likeness (QED) is 0.777. The number of aliphatic hydroxyl groups excluding tert-OH is 1. The highest BCUT2D eigenvalue weighted by molar-refractivity contribution is 6.18. The molecule has 0 heterocycles. The summed E-state index contributed by atoms with van der Waals surface area (Å²) in [5, 5.41) is 9.18. The summed E-state index contributed by atoms with van der Waals surface area (Å²) in [7, 11) is 1.63. The van der Waals surface area contributed by atoms with E-state index in [-0.39, 0.29) is 5.88 Å². The van der Waals surface area contributed by atoms with Gasteiger partial charge in [-0.25, -0.2) is 0 Å². The number of rotatable bonds is 4. The fourth-order valence-electron chi connectivity index (χ4n) is 0.989. The van der Waals surface area contributed by atoms with E-state index in [4.69, 9.17) is 16.3 Å². The zero-order valence-corrected chi connectivity index (χ0v) is 8.74. The summed E-state index contributed by atoms with van der Waals surface area (Å²) in [6.45, 7) is 0. The first-order valence-corrected chi connectivity index (χ1v) is 4.86. The Morgan fingerprint density at radius 2 is 2.07 bits per heavy atom. The number of benzene rings is 1. The van der Waals surface area contributed by atoms with Gasteiger partial charge in [0.05, 0.1) is 19.1 Å². The third kappa shape index (κ3) is 3.40. The van der Waals surface area contributed by atoms with Crippen molar-refractivity contribution in [2.24, 2.45) is 0 Å². The monoisotopic (exact) mass is 212 g/mol. The highest BCUT2D eigenvalue weighted by Gasteiger charge is 1.94. The van der Waals surface area contributed by atoms with Crippen molar-refractivity contribution in [1.29, 1.82) is 0 Å². The molecule has 1 aromatic carbocycles. The van der Waals surface area contributed by atoms with Crippen LogP contribution in [0.15, 0.2) is 30.3 Å². The van der Waals surface area contributed by atoms with Gasteiger partial charge in [-0.1, -0.05) is 24.3 Å². The molecule has 0 fully saturated rings. The van der Waals surface area contributed by atoms with Crippen molar-refractivity contribution in [2.75, 3.05) is 13.0 Å². The standard InChI is InChI=1S/C11H13ClO2/c1-14-11-6-3-9(4-7-11)2-5-10(13)8-12/h2-7,10,13H,8H2,1H3/b5-2+/t10-/m1/s1. The van der Waals surface area contributed by atoms with Gasteiger partial charge >= 0.3 is 0 Å². The normalized spacial score (nSPS) is 13.1. The second kappa shape index (κ2) is 5.68. The van der Waals surface area contributed by atoms with E-state index in [1.807, 2.05) is 30.3 Å². The summed E-state index contributed by atoms with van der Waals surface area (Å²) in [6, 6.07) is 7.56. The fraction of sp³-hybridized carbons (Fsp3) is 0.273. The topological polar surface area (TPSA) is 29.5 Å². The smallest absolute Gasteiger partial charge is 0.118 e. The molecule has 2 nitrogen and oxygen atoms in total. The van der Waals surface area contributed by atoms with Gasteiger partial charge in [-0.2, -0.15) is 0 Å². The SMILES string of the molecule is COc1ccc(/C=C/[C@@H](O)CCl)cc1. The maximum atomic E-state index is 9.18. The lowest BCUT2D eigenvalue weighted by molar-refractivity contribution is 0.248. The molecule has 0 bridgehead atoms. The lowest BCUT2D eigenvalue weighted by Gasteiger charge is -2.00. The summed E-state index contributed by atoms with van der Waals surface area (Å²) >= 11 is 5.44. The number of hydrogen-bond acceptors (Lipinski definition) is 2. The predicted molar refractivity (Wildman–Crippen MR) is 58.8 cm³/mol. The lowest BCUT2D eigenvalue weighted by atomic mass is 10.2. The second-order valence-corrected chi connectivity index (χ2v) is 3.16. The van der Waals surface area contributed by atoms with Crippen molar-refractivity contribution in [2.45, 2.75) is 6.10 Å². The van der Waals surface area contributed by atoms with E-state index in [0.717, 1.165) is 11.3 Å². The average Bonchev–Trinajstić information content (AvgIpc) is 2.26. The van der Waals surface area contributed by atoms with E-state index in [1.165, 1.54) is 0 Å². The van der Waals surface area contributed by atoms with Gasteiger partial charge in [-0.05, 0) is 17.7 Å². The predicted octanol–water partition coefficient (Wildman–Crippen LogP) is 2.31. The Morgan fingerprint density at radius 1 is 1.43 bits per heavy atom. The molecule has 1 aromatic rings. The summed E-state index contributed by atoms with van der Waals surface area (Å²) in [5.74, 6) is 1.03. The number of aliphatic hydroxyl groups is 1. The highest BCUT2D eigenvalue weighted by Crippen LogP contribution is 2.12. The summed E-state index contributed by atoms with van der Waals surface area (Å²) in [5.41, 5.74) is 1.01. The Hall–Kier alpha value is -0.990. The molecule has 14 heavy (non-hydrogen) atoms. The molecule has 0 unspecified atom stereocenters. The van der Waals surface area contributed by atoms with Crippen molar-refractivity contribution in [3.05, 3.63) is 35.9 Å². The molecular weight excluding hydrogens is 200 g/mol. The third-order valence-corrected chi connectivity index (χ3v) is 2.10. The van der Waals surface area contributed by atoms with Crippen molar-refractivity contribution >= 4 is 17.7 Å². The van der Waals surface area contributed by atoms with Crippen molar-refractivity contribution in [3.8, 4) is 5.75 Å². The summed E-state index contributed by atoms with van der Waals surface area (Å²) < 4.78 is 5.02. The van der Waals surface area contributed by atoms with Gasteiger partial charge < -0.3 is 9.84 Å². The van der Waals surface area contributed by atoms with Crippen LogP contribution in [0.1, 0.15) is 5.56 Å². The minimum atomic E-state index is -0.584. The van der Waals surface area contributed by atoms with Crippen molar-refractivity contribution < 1.29 is 9.84 Å². The van der Waals surface area contributed by atoms with Crippen LogP contribution in [0.5, 0.6) is 5.75 Å². The van der Waals surface area contributed by atoms with E-state index in [9.17, 15) is 5.11 Å². The molecule has 0 saturated heterocycles. The molecule has 0 saturated carbocycles. The molecule has 0 aromatic heterocycles. The number of ether oxygens (including phenoxy) is 1. The molecule has 1 N–H and O–H groups in total. The first kappa shape index (κ1) is 11.1. The van der Waals surface area contributed by atoms with Crippen molar-refractivity contribution in [3.63, 3.8) is 0 Å². The van der Waals surface area contributed by atoms with Crippen LogP contribution in [0, 0.1) is 0 Å². The Morgan fingerprint density at radius 3 is 2.57 bits per heavy atom. The second-order valence-electron chi connectivity index (χ2n) is 2.85. The molecule has 0 aliphatic rings. The molecular formula is C11H13ClO2. The van der Waals surface area contributed by atoms with Gasteiger partial charge in [0.15, 0.2) is 0 Å². The Kier molecular flexibility index (Phi) is 4.50. The molecule has 0 radical (unpaired) electrons. The van der Waals surface area contributed by atoms with Gasteiger partial charge in [0.25, 0.3) is 0 Å². The Balaban J connectivity index is 2.64. The fourth-order valence-corrected chi connectivity index (χ4v) is 1.09. The number of halogens is 1. The first-order valence-electron chi connectivity index (χ1n) is 4.32. The molecule has 0 spiro atoms. The Labute approximate surface area is 88.8 Å². The van der Waals surface area contributed by atoms with Crippen LogP contribution in [0.3, 0.4) is 0 Å². The minimum Gasteiger partial charge on any atom is -0.497 e. The van der Waals surface area contributed by atoms with E-state index in [1.54, 1.807) is 13.2 Å². The Bertz CT molecular complexity index is 293. The van der Waals surface area contributed by atoms with E-state index in [0.29, 0.717) is 0 Å². The number of alkyl halides is 1. The average molecular weight is 213 g/mol. The number of methoxy groups -OCH3 is 1. The molecule has 76 valence electrons. The maximum absolute atomic E-state index is 9.18. The van der Waals surface area contributed by atoms with Crippen LogP contribution in [0.2, 0.25) is 0 Å². The van der Waals surface area contributed by atoms with E-state index >= 15 is 0 Å². The zero-order valence-electron chi connectivity index (χ0n) is 7.98. The molecule has 0 amide bonds. The van der Waals surface area contributed by atoms with Crippen LogP contribution in [-0.4, -0.2) is 24.2 Å². The van der Waals surface area contributed by atoms with Gasteiger partial charge in [0.2, 0.25) is 0 Å². The van der Waals surface area contributed by atoms with Gasteiger partial charge in [-0.3, -0.25) is 0 Å². The molecule has 0 aliphatic carbocycles. The van der Waals surface area contributed by atoms with Gasteiger partial charge in [-0.15, -0.1) is 11.6 Å². The molecule has 1 rings (SSSR count). The maximum Gasteiger partial charge on any atom is 0.118 e. The van der Waals surface area contributed by atoms with Crippen molar-refractivity contribution in [1.82, 2.24) is 0 Å². The van der Waals surface area contributed by atoms with Gasteiger partial charge in [0.1, 0.15) is 5.75 Å². The lowest BCUT2D eigenvalue weighted by Crippen LogP contribution is -2.02. The summed E-state index contributed by atoms with van der Waals surface area (Å²) in [4.78, 5) is 0.